The second kappa shape index (κ2) is 12.3. The zero-order valence-corrected chi connectivity index (χ0v) is 18.0. The Morgan fingerprint density at radius 2 is 1.67 bits per heavy atom. The van der Waals surface area contributed by atoms with Crippen molar-refractivity contribution in [2.45, 2.75) is 43.9 Å². The zero-order chi connectivity index (χ0) is 24.4. The van der Waals surface area contributed by atoms with E-state index in [2.05, 4.69) is 25.9 Å². The first-order chi connectivity index (χ1) is 15.7. The van der Waals surface area contributed by atoms with Crippen molar-refractivity contribution in [2.24, 2.45) is 5.73 Å². The van der Waals surface area contributed by atoms with Crippen LogP contribution in [0.3, 0.4) is 0 Å². The van der Waals surface area contributed by atoms with Crippen molar-refractivity contribution in [1.82, 2.24) is 25.9 Å². The van der Waals surface area contributed by atoms with Gasteiger partial charge in [0.2, 0.25) is 17.7 Å². The van der Waals surface area contributed by atoms with E-state index in [1.165, 1.54) is 13.3 Å². The summed E-state index contributed by atoms with van der Waals surface area (Å²) in [5, 5.41) is 25.2. The third kappa shape index (κ3) is 8.01. The number of nitrogens with two attached hydrogens (primary N) is 1. The predicted molar refractivity (Wildman–Crippen MR) is 117 cm³/mol. The van der Waals surface area contributed by atoms with Crippen molar-refractivity contribution >= 4 is 23.7 Å². The van der Waals surface area contributed by atoms with Gasteiger partial charge in [0.15, 0.2) is 0 Å². The van der Waals surface area contributed by atoms with Gasteiger partial charge in [-0.15, -0.1) is 0 Å². The number of carbonyl (C=O) groups excluding carboxylic acids is 3. The molecule has 0 aliphatic heterocycles. The van der Waals surface area contributed by atoms with E-state index in [0.29, 0.717) is 5.69 Å². The molecule has 12 heteroatoms. The monoisotopic (exact) mass is 460 g/mol. The number of hydrogen-bond donors (Lipinski definition) is 7. The molecule has 4 atom stereocenters. The fraction of sp³-hybridized carbons (Fsp3) is 0.381. The van der Waals surface area contributed by atoms with Crippen LogP contribution in [0.25, 0.3) is 0 Å². The second-order valence-electron chi connectivity index (χ2n) is 7.45. The zero-order valence-electron chi connectivity index (χ0n) is 18.0. The van der Waals surface area contributed by atoms with Crippen LogP contribution in [0.2, 0.25) is 0 Å². The second-order valence-corrected chi connectivity index (χ2v) is 7.45. The van der Waals surface area contributed by atoms with Crippen LogP contribution in [0.4, 0.5) is 0 Å². The molecule has 1 aromatic carbocycles. The Morgan fingerprint density at radius 1 is 1.00 bits per heavy atom. The van der Waals surface area contributed by atoms with Crippen LogP contribution in [-0.4, -0.2) is 74.6 Å². The number of carboxylic acid groups (broad SMARTS) is 1. The number of carbonyl (C=O) groups is 4. The summed E-state index contributed by atoms with van der Waals surface area (Å²) in [5.41, 5.74) is 7.39. The van der Waals surface area contributed by atoms with Crippen molar-refractivity contribution < 1.29 is 29.4 Å². The smallest absolute Gasteiger partial charge is 0.328 e. The maximum atomic E-state index is 12.9. The molecule has 2 rings (SSSR count). The lowest BCUT2D eigenvalue weighted by Crippen LogP contribution is -2.57. The number of aromatic nitrogens is 2. The van der Waals surface area contributed by atoms with Crippen LogP contribution in [0.5, 0.6) is 0 Å². The number of aliphatic carboxylic acids is 1. The first-order valence-corrected chi connectivity index (χ1v) is 10.2. The number of benzene rings is 1. The Morgan fingerprint density at radius 3 is 2.24 bits per heavy atom. The first-order valence-electron chi connectivity index (χ1n) is 10.2. The number of aliphatic hydroxyl groups excluding tert-OH is 1. The highest BCUT2D eigenvalue weighted by Crippen LogP contribution is 2.05. The first kappa shape index (κ1) is 25.5. The Balaban J connectivity index is 2.06. The van der Waals surface area contributed by atoms with E-state index in [9.17, 15) is 19.2 Å². The van der Waals surface area contributed by atoms with Gasteiger partial charge in [-0.1, -0.05) is 30.3 Å². The summed E-state index contributed by atoms with van der Waals surface area (Å²) in [6.45, 7) is 0.553. The molecular formula is C21H28N6O6. The van der Waals surface area contributed by atoms with E-state index in [1.807, 2.05) is 6.07 Å². The number of aromatic amines is 1. The van der Waals surface area contributed by atoms with Gasteiger partial charge in [0.25, 0.3) is 0 Å². The number of rotatable bonds is 12. The molecule has 0 fully saturated rings. The van der Waals surface area contributed by atoms with E-state index in [0.717, 1.165) is 5.56 Å². The molecule has 1 aromatic heterocycles. The van der Waals surface area contributed by atoms with E-state index in [4.69, 9.17) is 15.9 Å². The van der Waals surface area contributed by atoms with Crippen molar-refractivity contribution in [2.75, 3.05) is 6.61 Å². The van der Waals surface area contributed by atoms with Crippen molar-refractivity contribution in [3.05, 3.63) is 54.1 Å². The number of nitrogens with zero attached hydrogens (tertiary/aromatic N) is 1. The number of nitrogens with one attached hydrogen (secondary N) is 4. The molecule has 8 N–H and O–H groups in total. The summed E-state index contributed by atoms with van der Waals surface area (Å²) < 4.78 is 0. The molecule has 0 radical (unpaired) electrons. The van der Waals surface area contributed by atoms with Gasteiger partial charge in [0, 0.05) is 24.7 Å². The Kier molecular flexibility index (Phi) is 9.51. The maximum Gasteiger partial charge on any atom is 0.328 e. The van der Waals surface area contributed by atoms with Crippen LogP contribution in [0, 0.1) is 0 Å². The van der Waals surface area contributed by atoms with E-state index in [1.54, 1.807) is 30.5 Å². The van der Waals surface area contributed by atoms with E-state index >= 15 is 0 Å². The molecule has 1 heterocycles. The average molecular weight is 460 g/mol. The molecule has 0 saturated carbocycles. The lowest BCUT2D eigenvalue weighted by Gasteiger charge is -2.23. The molecule has 0 spiro atoms. The van der Waals surface area contributed by atoms with Crippen molar-refractivity contribution in [3.63, 3.8) is 0 Å². The quantitative estimate of drug-likeness (QED) is 0.190. The number of aliphatic hydroxyl groups is 1. The van der Waals surface area contributed by atoms with Gasteiger partial charge >= 0.3 is 5.97 Å². The molecule has 0 aliphatic carbocycles. The molecule has 12 nitrogen and oxygen atoms in total. The van der Waals surface area contributed by atoms with Gasteiger partial charge in [-0.05, 0) is 12.5 Å². The highest BCUT2D eigenvalue weighted by atomic mass is 16.4. The van der Waals surface area contributed by atoms with Gasteiger partial charge in [-0.2, -0.15) is 0 Å². The Bertz CT molecular complexity index is 936. The number of imidazole rings is 1. The molecule has 0 aliphatic rings. The number of carboxylic acids is 1. The minimum absolute atomic E-state index is 0.137. The molecule has 178 valence electrons. The molecule has 2 aromatic rings. The molecule has 0 bridgehead atoms. The fourth-order valence-electron chi connectivity index (χ4n) is 2.93. The Labute approximate surface area is 190 Å². The normalized spacial score (nSPS) is 14.4. The van der Waals surface area contributed by atoms with Crippen LogP contribution in [0.15, 0.2) is 42.9 Å². The summed E-state index contributed by atoms with van der Waals surface area (Å²) in [6.07, 6.45) is 3.32. The highest BCUT2D eigenvalue weighted by Gasteiger charge is 2.28. The summed E-state index contributed by atoms with van der Waals surface area (Å²) in [6, 6.07) is 4.33. The highest BCUT2D eigenvalue weighted by molar-refractivity contribution is 5.94. The maximum absolute atomic E-state index is 12.9. The van der Waals surface area contributed by atoms with E-state index in [-0.39, 0.29) is 12.8 Å². The Hall–Kier alpha value is -3.77. The number of H-pyrrole nitrogens is 1. The van der Waals surface area contributed by atoms with Gasteiger partial charge in [-0.3, -0.25) is 14.4 Å². The van der Waals surface area contributed by atoms with Crippen LogP contribution in [-0.2, 0) is 32.0 Å². The minimum atomic E-state index is -1.50. The van der Waals surface area contributed by atoms with Gasteiger partial charge in [-0.25, -0.2) is 9.78 Å². The van der Waals surface area contributed by atoms with Gasteiger partial charge in [0.05, 0.1) is 19.0 Å². The third-order valence-electron chi connectivity index (χ3n) is 4.80. The van der Waals surface area contributed by atoms with Crippen molar-refractivity contribution in [3.8, 4) is 0 Å². The van der Waals surface area contributed by atoms with Gasteiger partial charge < -0.3 is 36.9 Å². The SMILES string of the molecule is CC(NC(=O)C(Cc1ccccc1)NC(=O)C(N)Cc1cnc[nH]1)C(=O)NC(CO)C(=O)O. The lowest BCUT2D eigenvalue weighted by atomic mass is 10.0. The predicted octanol–water partition coefficient (Wildman–Crippen LogP) is -1.93. The fourth-order valence-corrected chi connectivity index (χ4v) is 2.93. The molecular weight excluding hydrogens is 432 g/mol. The summed E-state index contributed by atoms with van der Waals surface area (Å²) >= 11 is 0. The summed E-state index contributed by atoms with van der Waals surface area (Å²) in [5.74, 6) is -3.43. The number of hydrogen-bond acceptors (Lipinski definition) is 7. The van der Waals surface area contributed by atoms with Crippen LogP contribution < -0.4 is 21.7 Å². The largest absolute Gasteiger partial charge is 0.480 e. The lowest BCUT2D eigenvalue weighted by molar-refractivity contribution is -0.143. The average Bonchev–Trinajstić information content (AvgIpc) is 3.30. The number of amides is 3. The standard InChI is InChI=1S/C21H28N6O6/c1-12(18(29)27-17(10-28)21(32)33)25-20(31)16(7-13-5-3-2-4-6-13)26-19(30)15(22)8-14-9-23-11-24-14/h2-6,9,11-12,15-17,28H,7-8,10,22H2,1H3,(H,23,24)(H,25,31)(H,26,30)(H,27,29)(H,32,33). The van der Waals surface area contributed by atoms with Crippen LogP contribution >= 0.6 is 0 Å². The minimum Gasteiger partial charge on any atom is -0.480 e. The topological polar surface area (TPSA) is 200 Å². The van der Waals surface area contributed by atoms with Crippen molar-refractivity contribution in [1.29, 1.82) is 0 Å². The molecule has 33 heavy (non-hydrogen) atoms. The third-order valence-corrected chi connectivity index (χ3v) is 4.80. The molecule has 4 unspecified atom stereocenters. The molecule has 3 amide bonds. The van der Waals surface area contributed by atoms with E-state index < -0.39 is 54.5 Å². The van der Waals surface area contributed by atoms with Gasteiger partial charge in [0.1, 0.15) is 18.1 Å². The summed E-state index contributed by atoms with van der Waals surface area (Å²) in [4.78, 5) is 55.5. The summed E-state index contributed by atoms with van der Waals surface area (Å²) in [7, 11) is 0. The van der Waals surface area contributed by atoms with Crippen LogP contribution in [0.1, 0.15) is 18.2 Å². The molecule has 0 saturated heterocycles.